The second-order valence-electron chi connectivity index (χ2n) is 8.77. The largest absolute Gasteiger partial charge is 0.465 e. The summed E-state index contributed by atoms with van der Waals surface area (Å²) in [5.74, 6) is 0.0141. The summed E-state index contributed by atoms with van der Waals surface area (Å²) in [6.45, 7) is 2.54. The molecule has 2 aromatic carbocycles. The maximum absolute atomic E-state index is 12.1. The molecule has 0 bridgehead atoms. The Hall–Kier alpha value is -3.16. The van der Waals surface area contributed by atoms with Crippen molar-refractivity contribution in [1.82, 2.24) is 15.3 Å². The molecule has 2 atom stereocenters. The Morgan fingerprint density at radius 3 is 2.61 bits per heavy atom. The van der Waals surface area contributed by atoms with Gasteiger partial charge >= 0.3 is 6.09 Å². The summed E-state index contributed by atoms with van der Waals surface area (Å²) >= 11 is 0. The maximum atomic E-state index is 12.1. The Balaban J connectivity index is 1.31. The van der Waals surface area contributed by atoms with Gasteiger partial charge in [0.15, 0.2) is 0 Å². The quantitative estimate of drug-likeness (QED) is 0.472. The molecule has 2 unspecified atom stereocenters. The number of rotatable bonds is 8. The Bertz CT molecular complexity index is 986. The van der Waals surface area contributed by atoms with E-state index in [1.807, 2.05) is 30.3 Å². The van der Waals surface area contributed by atoms with Gasteiger partial charge in [-0.15, -0.1) is 0 Å². The predicted molar refractivity (Wildman–Crippen MR) is 126 cm³/mol. The average molecular weight is 450 g/mol. The van der Waals surface area contributed by atoms with Crippen LogP contribution in [-0.2, 0) is 16.2 Å². The highest BCUT2D eigenvalue weighted by atomic mass is 16.6. The summed E-state index contributed by atoms with van der Waals surface area (Å²) in [5, 5.41) is 9.93. The van der Waals surface area contributed by atoms with Crippen molar-refractivity contribution in [2.45, 2.75) is 43.8 Å². The van der Waals surface area contributed by atoms with Crippen molar-refractivity contribution in [3.63, 3.8) is 0 Å². The average Bonchev–Trinajstić information content (AvgIpc) is 3.60. The molecular formula is C26H31N3O4. The molecule has 33 heavy (non-hydrogen) atoms. The number of piperidine rings is 1. The van der Waals surface area contributed by atoms with Gasteiger partial charge in [-0.2, -0.15) is 0 Å². The first kappa shape index (κ1) is 23.0. The van der Waals surface area contributed by atoms with Crippen LogP contribution in [0.15, 0.2) is 60.7 Å². The maximum Gasteiger partial charge on any atom is 0.407 e. The highest BCUT2D eigenvalue weighted by molar-refractivity contribution is 5.90. The van der Waals surface area contributed by atoms with Crippen LogP contribution >= 0.6 is 0 Å². The van der Waals surface area contributed by atoms with Crippen LogP contribution in [0.25, 0.3) is 6.08 Å². The number of carbonyl (C=O) groups excluding carboxylic acids is 1. The van der Waals surface area contributed by atoms with Crippen molar-refractivity contribution in [1.29, 1.82) is 0 Å². The van der Waals surface area contributed by atoms with Gasteiger partial charge in [0.05, 0.1) is 7.11 Å². The molecule has 1 saturated heterocycles. The van der Waals surface area contributed by atoms with Crippen molar-refractivity contribution in [2.75, 3.05) is 20.2 Å². The van der Waals surface area contributed by atoms with Crippen LogP contribution < -0.4 is 5.48 Å². The Labute approximate surface area is 194 Å². The number of hydrogen-bond donors (Lipinski definition) is 2. The Morgan fingerprint density at radius 1 is 1.15 bits per heavy atom. The lowest BCUT2D eigenvalue weighted by Crippen LogP contribution is -2.48. The number of nitrogens with zero attached hydrogens (tertiary/aromatic N) is 2. The molecule has 2 amide bonds. The minimum absolute atomic E-state index is 0.0750. The van der Waals surface area contributed by atoms with Gasteiger partial charge < -0.3 is 10.0 Å². The SMILES string of the molecule is CONC(=O)/C=C/c1cccc(CN2CCC(N(C(=O)O)C3CC3c3ccccc3)CC2)c1. The summed E-state index contributed by atoms with van der Waals surface area (Å²) in [4.78, 5) is 32.3. The van der Waals surface area contributed by atoms with E-state index in [1.165, 1.54) is 24.3 Å². The third kappa shape index (κ3) is 6.00. The lowest BCUT2D eigenvalue weighted by atomic mass is 10.0. The zero-order valence-corrected chi connectivity index (χ0v) is 18.9. The number of hydroxylamine groups is 1. The zero-order chi connectivity index (χ0) is 23.2. The van der Waals surface area contributed by atoms with Gasteiger partial charge in [-0.05, 0) is 42.0 Å². The predicted octanol–water partition coefficient (Wildman–Crippen LogP) is 3.88. The standard InChI is InChI=1S/C26H31N3O4/c1-33-27-25(30)11-10-19-6-5-7-20(16-19)18-28-14-12-22(13-15-28)29(26(31)32)24-17-23(24)21-8-3-2-4-9-21/h2-11,16,22-24H,12-15,17-18H2,1H3,(H,27,30)(H,31,32)/b11-10+. The van der Waals surface area contributed by atoms with Crippen molar-refractivity contribution in [2.24, 2.45) is 0 Å². The van der Waals surface area contributed by atoms with Crippen LogP contribution in [0.3, 0.4) is 0 Å². The van der Waals surface area contributed by atoms with Gasteiger partial charge in [0.25, 0.3) is 5.91 Å². The van der Waals surface area contributed by atoms with Gasteiger partial charge in [-0.3, -0.25) is 14.5 Å². The van der Waals surface area contributed by atoms with Crippen LogP contribution in [0.4, 0.5) is 4.79 Å². The number of carboxylic acid groups (broad SMARTS) is 1. The normalized spacial score (nSPS) is 21.1. The molecule has 1 saturated carbocycles. The lowest BCUT2D eigenvalue weighted by Gasteiger charge is -2.37. The van der Waals surface area contributed by atoms with Gasteiger partial charge in [-0.1, -0.05) is 54.6 Å². The van der Waals surface area contributed by atoms with Crippen molar-refractivity contribution in [3.8, 4) is 0 Å². The van der Waals surface area contributed by atoms with Gasteiger partial charge in [0, 0.05) is 43.7 Å². The molecule has 0 radical (unpaired) electrons. The van der Waals surface area contributed by atoms with E-state index in [9.17, 15) is 14.7 Å². The summed E-state index contributed by atoms with van der Waals surface area (Å²) in [6.07, 6.45) is 5.01. The fourth-order valence-corrected chi connectivity index (χ4v) is 4.83. The Morgan fingerprint density at radius 2 is 1.91 bits per heavy atom. The molecule has 7 heteroatoms. The monoisotopic (exact) mass is 449 g/mol. The summed E-state index contributed by atoms with van der Waals surface area (Å²) in [6, 6.07) is 18.5. The fourth-order valence-electron chi connectivity index (χ4n) is 4.83. The van der Waals surface area contributed by atoms with Crippen LogP contribution in [0.2, 0.25) is 0 Å². The summed E-state index contributed by atoms with van der Waals surface area (Å²) in [7, 11) is 1.40. The number of hydrogen-bond acceptors (Lipinski definition) is 4. The van der Waals surface area contributed by atoms with E-state index in [2.05, 4.69) is 39.5 Å². The van der Waals surface area contributed by atoms with E-state index >= 15 is 0 Å². The molecule has 0 aromatic heterocycles. The van der Waals surface area contributed by atoms with E-state index in [4.69, 9.17) is 0 Å². The molecule has 2 aliphatic rings. The van der Waals surface area contributed by atoms with Crippen molar-refractivity contribution < 1.29 is 19.5 Å². The van der Waals surface area contributed by atoms with E-state index in [-0.39, 0.29) is 18.0 Å². The molecule has 174 valence electrons. The second kappa shape index (κ2) is 10.6. The minimum Gasteiger partial charge on any atom is -0.465 e. The summed E-state index contributed by atoms with van der Waals surface area (Å²) in [5.41, 5.74) is 5.62. The lowest BCUT2D eigenvalue weighted by molar-refractivity contribution is -0.126. The molecule has 7 nitrogen and oxygen atoms in total. The van der Waals surface area contributed by atoms with Crippen LogP contribution in [-0.4, -0.2) is 59.2 Å². The molecule has 4 rings (SSSR count). The molecule has 2 N–H and O–H groups in total. The molecule has 1 aliphatic carbocycles. The molecule has 1 heterocycles. The smallest absolute Gasteiger partial charge is 0.407 e. The van der Waals surface area contributed by atoms with Gasteiger partial charge in [0.2, 0.25) is 0 Å². The molecule has 1 aliphatic heterocycles. The number of likely N-dealkylation sites (tertiary alicyclic amines) is 1. The molecule has 2 fully saturated rings. The topological polar surface area (TPSA) is 82.1 Å². The molecule has 2 aromatic rings. The third-order valence-corrected chi connectivity index (χ3v) is 6.50. The van der Waals surface area contributed by atoms with Crippen LogP contribution in [0.1, 0.15) is 41.9 Å². The first-order chi connectivity index (χ1) is 16.0. The van der Waals surface area contributed by atoms with Crippen molar-refractivity contribution >= 4 is 18.1 Å². The number of nitrogens with one attached hydrogen (secondary N) is 1. The minimum atomic E-state index is -0.797. The summed E-state index contributed by atoms with van der Waals surface area (Å²) < 4.78 is 0. The van der Waals surface area contributed by atoms with Crippen LogP contribution in [0.5, 0.6) is 0 Å². The van der Waals surface area contributed by atoms with Gasteiger partial charge in [-0.25, -0.2) is 10.3 Å². The third-order valence-electron chi connectivity index (χ3n) is 6.50. The van der Waals surface area contributed by atoms with E-state index in [0.717, 1.165) is 44.5 Å². The number of amides is 2. The first-order valence-corrected chi connectivity index (χ1v) is 11.4. The van der Waals surface area contributed by atoms with E-state index in [0.29, 0.717) is 5.92 Å². The van der Waals surface area contributed by atoms with Crippen LogP contribution in [0, 0.1) is 0 Å². The highest BCUT2D eigenvalue weighted by Crippen LogP contribution is 2.46. The Kier molecular flexibility index (Phi) is 7.42. The molecule has 0 spiro atoms. The first-order valence-electron chi connectivity index (χ1n) is 11.4. The number of carbonyl (C=O) groups is 2. The highest BCUT2D eigenvalue weighted by Gasteiger charge is 2.47. The second-order valence-corrected chi connectivity index (χ2v) is 8.77. The number of benzene rings is 2. The van der Waals surface area contributed by atoms with Gasteiger partial charge in [0.1, 0.15) is 0 Å². The molecular weight excluding hydrogens is 418 g/mol. The fraction of sp³-hybridized carbons (Fsp3) is 0.385. The van der Waals surface area contributed by atoms with Crippen molar-refractivity contribution in [3.05, 3.63) is 77.4 Å². The zero-order valence-electron chi connectivity index (χ0n) is 18.9. The van der Waals surface area contributed by atoms with E-state index in [1.54, 1.807) is 11.0 Å². The van der Waals surface area contributed by atoms with E-state index < -0.39 is 6.09 Å².